The summed E-state index contributed by atoms with van der Waals surface area (Å²) in [5, 5.41) is 0. The van der Waals surface area contributed by atoms with Gasteiger partial charge in [-0.2, -0.15) is 0 Å². The lowest BCUT2D eigenvalue weighted by atomic mass is 9.92. The maximum absolute atomic E-state index is 11.2. The summed E-state index contributed by atoms with van der Waals surface area (Å²) in [6.07, 6.45) is 7.13. The number of nitrogens with two attached hydrogens (primary N) is 1. The van der Waals surface area contributed by atoms with Crippen molar-refractivity contribution in [1.82, 2.24) is 0 Å². The molecule has 1 rings (SSSR count). The number of carbonyl (C=O) groups excluding carboxylic acids is 1. The first-order valence-electron chi connectivity index (χ1n) is 5.09. The second-order valence-corrected chi connectivity index (χ2v) is 3.80. The molecule has 0 amide bonds. The molecule has 1 saturated carbocycles. The molecule has 0 aromatic rings. The SMILES string of the molecule is COC(=O)[C@@H](N)C1CCCCCC1. The highest BCUT2D eigenvalue weighted by Gasteiger charge is 2.25. The topological polar surface area (TPSA) is 52.3 Å². The molecule has 0 spiro atoms. The normalized spacial score (nSPS) is 22.0. The monoisotopic (exact) mass is 185 g/mol. The lowest BCUT2D eigenvalue weighted by Crippen LogP contribution is -2.38. The number of hydrogen-bond acceptors (Lipinski definition) is 3. The van der Waals surface area contributed by atoms with Gasteiger partial charge in [-0.05, 0) is 18.8 Å². The Hall–Kier alpha value is -0.570. The van der Waals surface area contributed by atoms with E-state index in [1.54, 1.807) is 0 Å². The quantitative estimate of drug-likeness (QED) is 0.523. The van der Waals surface area contributed by atoms with Crippen LogP contribution in [0.3, 0.4) is 0 Å². The van der Waals surface area contributed by atoms with Gasteiger partial charge >= 0.3 is 5.97 Å². The third-order valence-corrected chi connectivity index (χ3v) is 2.88. The van der Waals surface area contributed by atoms with E-state index in [0.29, 0.717) is 5.92 Å². The van der Waals surface area contributed by atoms with Crippen LogP contribution in [0.25, 0.3) is 0 Å². The Bertz CT molecular complexity index is 162. The van der Waals surface area contributed by atoms with Crippen molar-refractivity contribution in [3.05, 3.63) is 0 Å². The molecule has 0 aromatic carbocycles. The van der Waals surface area contributed by atoms with Gasteiger partial charge in [0.15, 0.2) is 0 Å². The first-order valence-corrected chi connectivity index (χ1v) is 5.09. The van der Waals surface area contributed by atoms with Crippen LogP contribution in [0.1, 0.15) is 38.5 Å². The van der Waals surface area contributed by atoms with Crippen LogP contribution in [-0.2, 0) is 9.53 Å². The van der Waals surface area contributed by atoms with Crippen LogP contribution in [0.2, 0.25) is 0 Å². The van der Waals surface area contributed by atoms with Gasteiger partial charge in [-0.3, -0.25) is 4.79 Å². The first-order chi connectivity index (χ1) is 6.25. The molecule has 3 nitrogen and oxygen atoms in total. The average Bonchev–Trinajstić information content (AvgIpc) is 2.43. The molecular formula is C10H19NO2. The minimum absolute atomic E-state index is 0.257. The Labute approximate surface area is 79.6 Å². The van der Waals surface area contributed by atoms with Crippen LogP contribution in [0.4, 0.5) is 0 Å². The number of esters is 1. The third-order valence-electron chi connectivity index (χ3n) is 2.88. The van der Waals surface area contributed by atoms with E-state index in [-0.39, 0.29) is 5.97 Å². The van der Waals surface area contributed by atoms with Crippen molar-refractivity contribution >= 4 is 5.97 Å². The van der Waals surface area contributed by atoms with E-state index < -0.39 is 6.04 Å². The molecule has 0 heterocycles. The molecule has 13 heavy (non-hydrogen) atoms. The van der Waals surface area contributed by atoms with Crippen molar-refractivity contribution in [2.75, 3.05) is 7.11 Å². The lowest BCUT2D eigenvalue weighted by molar-refractivity contribution is -0.143. The highest BCUT2D eigenvalue weighted by Crippen LogP contribution is 2.25. The summed E-state index contributed by atoms with van der Waals surface area (Å²) < 4.78 is 4.64. The fraction of sp³-hybridized carbons (Fsp3) is 0.900. The van der Waals surface area contributed by atoms with Crippen LogP contribution >= 0.6 is 0 Å². The van der Waals surface area contributed by atoms with Crippen molar-refractivity contribution in [1.29, 1.82) is 0 Å². The Morgan fingerprint density at radius 3 is 2.31 bits per heavy atom. The van der Waals surface area contributed by atoms with Gasteiger partial charge in [-0.15, -0.1) is 0 Å². The summed E-state index contributed by atoms with van der Waals surface area (Å²) in [7, 11) is 1.40. The zero-order chi connectivity index (χ0) is 9.68. The predicted molar refractivity (Wildman–Crippen MR) is 51.2 cm³/mol. The second-order valence-electron chi connectivity index (χ2n) is 3.80. The van der Waals surface area contributed by atoms with E-state index in [1.165, 1.54) is 32.8 Å². The second kappa shape index (κ2) is 5.22. The molecule has 0 bridgehead atoms. The molecule has 76 valence electrons. The van der Waals surface area contributed by atoms with E-state index in [2.05, 4.69) is 4.74 Å². The summed E-state index contributed by atoms with van der Waals surface area (Å²) in [6.45, 7) is 0. The molecule has 0 aromatic heterocycles. The number of ether oxygens (including phenoxy) is 1. The molecule has 0 aliphatic heterocycles. The maximum Gasteiger partial charge on any atom is 0.322 e. The summed E-state index contributed by atoms with van der Waals surface area (Å²) >= 11 is 0. The van der Waals surface area contributed by atoms with Gasteiger partial charge in [-0.1, -0.05) is 25.7 Å². The van der Waals surface area contributed by atoms with Crippen molar-refractivity contribution < 1.29 is 9.53 Å². The molecule has 0 saturated heterocycles. The van der Waals surface area contributed by atoms with Gasteiger partial charge in [0.1, 0.15) is 6.04 Å². The smallest absolute Gasteiger partial charge is 0.322 e. The minimum atomic E-state index is -0.400. The van der Waals surface area contributed by atoms with Crippen LogP contribution in [0.15, 0.2) is 0 Å². The fourth-order valence-electron chi connectivity index (χ4n) is 2.00. The molecule has 1 aliphatic carbocycles. The van der Waals surface area contributed by atoms with E-state index >= 15 is 0 Å². The summed E-state index contributed by atoms with van der Waals surface area (Å²) in [5.41, 5.74) is 5.80. The van der Waals surface area contributed by atoms with E-state index in [4.69, 9.17) is 5.73 Å². The fourth-order valence-corrected chi connectivity index (χ4v) is 2.00. The highest BCUT2D eigenvalue weighted by atomic mass is 16.5. The largest absolute Gasteiger partial charge is 0.468 e. The molecule has 0 radical (unpaired) electrons. The molecule has 3 heteroatoms. The molecule has 0 unspecified atom stereocenters. The van der Waals surface area contributed by atoms with Crippen molar-refractivity contribution in [3.63, 3.8) is 0 Å². The van der Waals surface area contributed by atoms with Crippen LogP contribution in [0, 0.1) is 5.92 Å². The number of carbonyl (C=O) groups is 1. The zero-order valence-electron chi connectivity index (χ0n) is 8.29. The molecule has 1 aliphatic rings. The maximum atomic E-state index is 11.2. The van der Waals surface area contributed by atoms with Crippen LogP contribution in [-0.4, -0.2) is 19.1 Å². The summed E-state index contributed by atoms with van der Waals surface area (Å²) in [5.74, 6) is 0.0850. The Balaban J connectivity index is 2.43. The van der Waals surface area contributed by atoms with Gasteiger partial charge in [0.2, 0.25) is 0 Å². The number of hydrogen-bond donors (Lipinski definition) is 1. The van der Waals surface area contributed by atoms with Gasteiger partial charge in [0.25, 0.3) is 0 Å². The van der Waals surface area contributed by atoms with Crippen molar-refractivity contribution in [3.8, 4) is 0 Å². The highest BCUT2D eigenvalue weighted by molar-refractivity contribution is 5.75. The molecular weight excluding hydrogens is 166 g/mol. The van der Waals surface area contributed by atoms with E-state index in [1.807, 2.05) is 0 Å². The molecule has 1 atom stereocenters. The summed E-state index contributed by atoms with van der Waals surface area (Å²) in [4.78, 5) is 11.2. The standard InChI is InChI=1S/C10H19NO2/c1-13-10(12)9(11)8-6-4-2-3-5-7-8/h8-9H,2-7,11H2,1H3/t9-/m0/s1. The Kier molecular flexibility index (Phi) is 4.22. The Morgan fingerprint density at radius 1 is 1.31 bits per heavy atom. The van der Waals surface area contributed by atoms with Gasteiger partial charge in [0.05, 0.1) is 7.11 Å². The van der Waals surface area contributed by atoms with Crippen molar-refractivity contribution in [2.45, 2.75) is 44.6 Å². The first kappa shape index (κ1) is 10.5. The molecule has 2 N–H and O–H groups in total. The zero-order valence-corrected chi connectivity index (χ0v) is 8.29. The Morgan fingerprint density at radius 2 is 1.85 bits per heavy atom. The van der Waals surface area contributed by atoms with Crippen LogP contribution < -0.4 is 5.73 Å². The van der Waals surface area contributed by atoms with E-state index in [0.717, 1.165) is 12.8 Å². The average molecular weight is 185 g/mol. The van der Waals surface area contributed by atoms with Gasteiger partial charge < -0.3 is 10.5 Å². The van der Waals surface area contributed by atoms with Gasteiger partial charge in [-0.25, -0.2) is 0 Å². The van der Waals surface area contributed by atoms with Gasteiger partial charge in [0, 0.05) is 0 Å². The third kappa shape index (κ3) is 2.99. The predicted octanol–water partition coefficient (Wildman–Crippen LogP) is 1.46. The minimum Gasteiger partial charge on any atom is -0.468 e. The van der Waals surface area contributed by atoms with E-state index in [9.17, 15) is 4.79 Å². The number of methoxy groups -OCH3 is 1. The summed E-state index contributed by atoms with van der Waals surface area (Å²) in [6, 6.07) is -0.400. The number of rotatable bonds is 2. The lowest BCUT2D eigenvalue weighted by Gasteiger charge is -2.19. The van der Waals surface area contributed by atoms with Crippen molar-refractivity contribution in [2.24, 2.45) is 11.7 Å². The molecule has 1 fully saturated rings. The van der Waals surface area contributed by atoms with Crippen LogP contribution in [0.5, 0.6) is 0 Å².